The van der Waals surface area contributed by atoms with E-state index in [4.69, 9.17) is 8.83 Å². The van der Waals surface area contributed by atoms with E-state index in [1.807, 2.05) is 0 Å². The second kappa shape index (κ2) is 15.5. The van der Waals surface area contributed by atoms with Gasteiger partial charge in [-0.05, 0) is 200 Å². The molecule has 2 aromatic heterocycles. The topological polar surface area (TPSA) is 32.8 Å². The van der Waals surface area contributed by atoms with E-state index in [2.05, 4.69) is 209 Å². The fraction of sp³-hybridized carbons (Fsp3) is 0.400. The van der Waals surface area contributed by atoms with Crippen LogP contribution in [0.25, 0.3) is 55.0 Å². The maximum atomic E-state index is 7.37. The van der Waals surface area contributed by atoms with E-state index in [9.17, 15) is 0 Å². The Bertz CT molecular complexity index is 3910. The number of anilines is 5. The highest BCUT2D eigenvalue weighted by Crippen LogP contribution is 2.57. The van der Waals surface area contributed by atoms with Crippen molar-refractivity contribution in [2.45, 2.75) is 180 Å². The maximum Gasteiger partial charge on any atom is 0.333 e. The van der Waals surface area contributed by atoms with Gasteiger partial charge in [0.2, 0.25) is 0 Å². The third kappa shape index (κ3) is 6.73. The number of furan rings is 2. The molecule has 5 aliphatic rings. The molecule has 3 aliphatic carbocycles. The quantitative estimate of drug-likeness (QED) is 0.161. The van der Waals surface area contributed by atoms with Crippen LogP contribution in [0.5, 0.6) is 0 Å². The molecule has 0 bridgehead atoms. The lowest BCUT2D eigenvalue weighted by Crippen LogP contribution is -2.62. The van der Waals surface area contributed by atoms with E-state index in [1.54, 1.807) is 0 Å². The van der Waals surface area contributed by atoms with Crippen molar-refractivity contribution in [1.29, 1.82) is 0 Å². The van der Waals surface area contributed by atoms with E-state index < -0.39 is 0 Å². The fourth-order valence-electron chi connectivity index (χ4n) is 15.1. The molecule has 4 heterocycles. The van der Waals surface area contributed by atoms with Gasteiger partial charge in [0.1, 0.15) is 16.7 Å². The van der Waals surface area contributed by atoms with Gasteiger partial charge in [-0.2, -0.15) is 0 Å². The largest absolute Gasteiger partial charge is 0.456 e. The molecule has 0 radical (unpaired) electrons. The van der Waals surface area contributed by atoms with Crippen LogP contribution < -0.4 is 20.6 Å². The number of unbranched alkanes of at least 4 members (excludes halogenated alkanes) is 1. The molecule has 0 saturated carbocycles. The molecule has 0 unspecified atom stereocenters. The molecule has 0 saturated heterocycles. The molecule has 0 spiro atoms. The number of hydrogen-bond donors (Lipinski definition) is 0. The summed E-state index contributed by atoms with van der Waals surface area (Å²) in [5.41, 5.74) is 25.3. The van der Waals surface area contributed by atoms with Gasteiger partial charge >= 0.3 is 6.85 Å². The minimum Gasteiger partial charge on any atom is -0.456 e. The van der Waals surface area contributed by atoms with E-state index >= 15 is 0 Å². The maximum absolute atomic E-state index is 7.37. The van der Waals surface area contributed by atoms with Gasteiger partial charge in [-0.3, -0.25) is 0 Å². The highest BCUT2D eigenvalue weighted by atomic mass is 16.3. The summed E-state index contributed by atoms with van der Waals surface area (Å²) in [6.07, 6.45) is 10.4. The number of nitrogens with zero attached hydrogens (tertiary/aromatic N) is 2. The van der Waals surface area contributed by atoms with Gasteiger partial charge in [-0.15, -0.1) is 0 Å². The second-order valence-corrected chi connectivity index (χ2v) is 27.9. The van der Waals surface area contributed by atoms with Crippen molar-refractivity contribution in [2.75, 3.05) is 9.71 Å². The van der Waals surface area contributed by atoms with Crippen LogP contribution in [0.1, 0.15) is 180 Å². The van der Waals surface area contributed by atoms with Crippen LogP contribution in [-0.2, 0) is 38.9 Å². The molecule has 4 nitrogen and oxygen atoms in total. The number of hydrogen-bond acceptors (Lipinski definition) is 4. The summed E-state index contributed by atoms with van der Waals surface area (Å²) in [6, 6.07) is 43.5. The van der Waals surface area contributed by atoms with Crippen molar-refractivity contribution < 1.29 is 8.83 Å². The molecule has 2 aliphatic heterocycles. The van der Waals surface area contributed by atoms with Crippen LogP contribution in [0.2, 0.25) is 0 Å². The van der Waals surface area contributed by atoms with Crippen LogP contribution in [-0.4, -0.2) is 6.85 Å². The zero-order valence-corrected chi connectivity index (χ0v) is 47.0. The first-order chi connectivity index (χ1) is 35.6. The average Bonchev–Trinajstić information content (AvgIpc) is 3.94. The van der Waals surface area contributed by atoms with Crippen molar-refractivity contribution in [3.8, 4) is 11.1 Å². The zero-order chi connectivity index (χ0) is 52.1. The summed E-state index contributed by atoms with van der Waals surface area (Å²) in [5.74, 6) is 0. The molecule has 75 heavy (non-hydrogen) atoms. The lowest BCUT2D eigenvalue weighted by Gasteiger charge is -2.48. The molecule has 9 aromatic rings. The minimum absolute atomic E-state index is 0.000989. The summed E-state index contributed by atoms with van der Waals surface area (Å²) < 4.78 is 14.6. The lowest BCUT2D eigenvalue weighted by molar-refractivity contribution is 0.332. The Morgan fingerprint density at radius 3 is 1.67 bits per heavy atom. The Labute approximate surface area is 446 Å². The highest BCUT2D eigenvalue weighted by Gasteiger charge is 2.50. The summed E-state index contributed by atoms with van der Waals surface area (Å²) in [7, 11) is 0. The van der Waals surface area contributed by atoms with Crippen LogP contribution >= 0.6 is 0 Å². The summed E-state index contributed by atoms with van der Waals surface area (Å²) in [4.78, 5) is 5.37. The molecule has 0 atom stereocenters. The second-order valence-electron chi connectivity index (χ2n) is 27.9. The first kappa shape index (κ1) is 47.3. The van der Waals surface area contributed by atoms with Crippen molar-refractivity contribution in [2.24, 2.45) is 0 Å². The standard InChI is InChI=1S/C70H75BN2O2/c1-14-15-18-41-21-23-42(24-22-41)73-57-40-61-46(47-36-52-55(39-60(47)74-61)70(12,13)32-29-67(52,6)7)34-45(57)48-35-49-44-19-16-17-20-59(44)75-64(49)63-62(48)71(73)56-37-53-54(69(10,11)31-30-68(53,8)9)38-58(56)72(63)43-25-26-50-51(33-43)66(4,5)28-27-65(50,2)3/h16-17,19-26,33-40H,14-15,18,27-32H2,1-13H3. The summed E-state index contributed by atoms with van der Waals surface area (Å²) in [5, 5.41) is 4.68. The molecular formula is C70H75BN2O2. The highest BCUT2D eigenvalue weighted by molar-refractivity contribution is 6.94. The van der Waals surface area contributed by atoms with Crippen molar-refractivity contribution in [1.82, 2.24) is 0 Å². The molecule has 5 heteroatoms. The Morgan fingerprint density at radius 1 is 0.453 bits per heavy atom. The van der Waals surface area contributed by atoms with Gasteiger partial charge in [0.05, 0.1) is 5.69 Å². The van der Waals surface area contributed by atoms with E-state index in [1.165, 1.54) is 114 Å². The van der Waals surface area contributed by atoms with E-state index in [-0.39, 0.29) is 39.3 Å². The minimum atomic E-state index is -0.178. The molecule has 380 valence electrons. The number of benzene rings is 7. The summed E-state index contributed by atoms with van der Waals surface area (Å²) >= 11 is 0. The van der Waals surface area contributed by atoms with Crippen LogP contribution in [0.15, 0.2) is 118 Å². The van der Waals surface area contributed by atoms with Gasteiger partial charge in [-0.25, -0.2) is 0 Å². The average molecular weight is 987 g/mol. The third-order valence-corrected chi connectivity index (χ3v) is 20.2. The fourth-order valence-corrected chi connectivity index (χ4v) is 15.1. The van der Waals surface area contributed by atoms with E-state index in [0.29, 0.717) is 0 Å². The number of para-hydroxylation sites is 1. The first-order valence-electron chi connectivity index (χ1n) is 28.6. The van der Waals surface area contributed by atoms with E-state index in [0.717, 1.165) is 77.3 Å². The zero-order valence-electron chi connectivity index (χ0n) is 47.0. The smallest absolute Gasteiger partial charge is 0.333 e. The van der Waals surface area contributed by atoms with Gasteiger partial charge in [0.15, 0.2) is 5.58 Å². The molecular weight excluding hydrogens is 912 g/mol. The molecule has 0 fully saturated rings. The van der Waals surface area contributed by atoms with Crippen LogP contribution in [0.3, 0.4) is 0 Å². The van der Waals surface area contributed by atoms with Gasteiger partial charge < -0.3 is 18.5 Å². The van der Waals surface area contributed by atoms with Crippen molar-refractivity contribution in [3.05, 3.63) is 148 Å². The molecule has 0 amide bonds. The third-order valence-electron chi connectivity index (χ3n) is 20.2. The number of fused-ring (bicyclic) bond motifs is 14. The molecule has 7 aromatic carbocycles. The normalized spacial score (nSPS) is 19.9. The predicted octanol–water partition coefficient (Wildman–Crippen LogP) is 18.6. The number of aryl methyl sites for hydroxylation is 1. The lowest BCUT2D eigenvalue weighted by atomic mass is 9.42. The van der Waals surface area contributed by atoms with Crippen LogP contribution in [0.4, 0.5) is 28.4 Å². The Hall–Kier alpha value is -6.20. The number of rotatable bonds is 5. The van der Waals surface area contributed by atoms with Gasteiger partial charge in [0.25, 0.3) is 0 Å². The Morgan fingerprint density at radius 2 is 1.00 bits per heavy atom. The van der Waals surface area contributed by atoms with Crippen LogP contribution in [0, 0.1) is 0 Å². The first-order valence-corrected chi connectivity index (χ1v) is 28.6. The predicted molar refractivity (Wildman–Crippen MR) is 319 cm³/mol. The Kier molecular flexibility index (Phi) is 9.76. The molecule has 0 N–H and O–H groups in total. The van der Waals surface area contributed by atoms with Crippen molar-refractivity contribution >= 4 is 90.1 Å². The Balaban J connectivity index is 1.14. The van der Waals surface area contributed by atoms with Crippen molar-refractivity contribution in [3.63, 3.8) is 0 Å². The van der Waals surface area contributed by atoms with Gasteiger partial charge in [-0.1, -0.05) is 139 Å². The molecule has 14 rings (SSSR count). The SMILES string of the molecule is CCCCc1ccc(N2B3c4cc5c(cc4N(c4ccc6c(c4)C(C)(C)CCC6(C)C)c4c3c(cc3c4oc4ccccc43)-c3cc4c(cc32)oc2cc3c(cc24)C(C)(C)CCC3(C)C)C(C)(C)CCC5(C)C)cc1. The van der Waals surface area contributed by atoms with Gasteiger partial charge in [0, 0.05) is 55.9 Å². The monoisotopic (exact) mass is 987 g/mol. The summed E-state index contributed by atoms with van der Waals surface area (Å²) in [6.45, 7) is 31.6.